The molecule has 0 saturated heterocycles. The maximum absolute atomic E-state index is 12.6. The summed E-state index contributed by atoms with van der Waals surface area (Å²) in [6, 6.07) is 28.5. The van der Waals surface area contributed by atoms with E-state index in [1.165, 1.54) is 34.0 Å². The summed E-state index contributed by atoms with van der Waals surface area (Å²) in [6.45, 7) is 2.12. The summed E-state index contributed by atoms with van der Waals surface area (Å²) in [6.07, 6.45) is 0.544. The van der Waals surface area contributed by atoms with Crippen LogP contribution in [0.5, 0.6) is 0 Å². The Morgan fingerprint density at radius 3 is 2.16 bits per heavy atom. The van der Waals surface area contributed by atoms with E-state index in [1.54, 1.807) is 0 Å². The van der Waals surface area contributed by atoms with Crippen LogP contribution in [0.4, 0.5) is 0 Å². The lowest BCUT2D eigenvalue weighted by Gasteiger charge is -2.21. The van der Waals surface area contributed by atoms with Crippen LogP contribution in [-0.4, -0.2) is 21.5 Å². The zero-order chi connectivity index (χ0) is 22.6. The first kappa shape index (κ1) is 22.3. The monoisotopic (exact) mass is 457 g/mol. The van der Waals surface area contributed by atoms with Crippen molar-refractivity contribution < 1.29 is 9.53 Å². The smallest absolute Gasteiger partial charge is 0.305 e. The van der Waals surface area contributed by atoms with Crippen LogP contribution in [0.3, 0.4) is 0 Å². The molecule has 0 N–H and O–H groups in total. The molecule has 3 aromatic carbocycles. The number of carbonyl (C=O) groups excluding carboxylic acids is 1. The van der Waals surface area contributed by atoms with Crippen molar-refractivity contribution >= 4 is 34.1 Å². The third-order valence-corrected chi connectivity index (χ3v) is 7.40. The Morgan fingerprint density at radius 1 is 1.00 bits per heavy atom. The first-order valence-corrected chi connectivity index (χ1v) is 11.8. The number of benzene rings is 3. The topological polar surface area (TPSA) is 50.1 Å². The van der Waals surface area contributed by atoms with E-state index in [2.05, 4.69) is 30.3 Å². The second kappa shape index (κ2) is 9.68. The molecule has 0 spiro atoms. The van der Waals surface area contributed by atoms with E-state index in [1.807, 2.05) is 61.5 Å². The number of hydrogen-bond donors (Lipinski definition) is 0. The van der Waals surface area contributed by atoms with Crippen molar-refractivity contribution in [1.29, 1.82) is 5.26 Å². The molecule has 4 rings (SSSR count). The molecule has 0 radical (unpaired) electrons. The number of nitrogens with zero attached hydrogens (tertiary/aromatic N) is 1. The van der Waals surface area contributed by atoms with Crippen LogP contribution >= 0.6 is 24.0 Å². The Balaban J connectivity index is 1.36. The largest absolute Gasteiger partial charge is 0.465 e. The summed E-state index contributed by atoms with van der Waals surface area (Å²) in [5.74, 6) is -0.256. The molecule has 1 aliphatic rings. The summed E-state index contributed by atoms with van der Waals surface area (Å²) in [5, 5.41) is 9.73. The molecule has 0 aromatic heterocycles. The van der Waals surface area contributed by atoms with Crippen LogP contribution in [0.25, 0.3) is 11.1 Å². The van der Waals surface area contributed by atoms with Crippen LogP contribution in [0.1, 0.15) is 42.4 Å². The van der Waals surface area contributed by atoms with Crippen molar-refractivity contribution in [3.63, 3.8) is 0 Å². The fraction of sp³-hybridized carbons (Fsp3) is 0.222. The Morgan fingerprint density at radius 2 is 1.56 bits per heavy atom. The van der Waals surface area contributed by atoms with Gasteiger partial charge in [-0.25, -0.2) is 0 Å². The second-order valence-electron chi connectivity index (χ2n) is 8.01. The van der Waals surface area contributed by atoms with E-state index in [4.69, 9.17) is 17.0 Å². The molecular formula is C27H23NO2S2. The zero-order valence-electron chi connectivity index (χ0n) is 17.8. The van der Waals surface area contributed by atoms with E-state index in [-0.39, 0.29) is 18.3 Å². The van der Waals surface area contributed by atoms with Crippen molar-refractivity contribution in [2.45, 2.75) is 30.4 Å². The maximum Gasteiger partial charge on any atom is 0.305 e. The van der Waals surface area contributed by atoms with Gasteiger partial charge < -0.3 is 4.74 Å². The van der Waals surface area contributed by atoms with E-state index in [0.717, 1.165) is 5.56 Å². The summed E-state index contributed by atoms with van der Waals surface area (Å²) in [4.78, 5) is 12.6. The zero-order valence-corrected chi connectivity index (χ0v) is 19.4. The molecule has 160 valence electrons. The Labute approximate surface area is 198 Å². The van der Waals surface area contributed by atoms with Gasteiger partial charge in [-0.05, 0) is 41.2 Å². The minimum absolute atomic E-state index is 0.0359. The van der Waals surface area contributed by atoms with Crippen molar-refractivity contribution in [3.8, 4) is 17.2 Å². The molecule has 0 heterocycles. The predicted octanol–water partition coefficient (Wildman–Crippen LogP) is 6.51. The molecule has 0 fully saturated rings. The number of hydrogen-bond acceptors (Lipinski definition) is 5. The Kier molecular flexibility index (Phi) is 6.74. The molecule has 3 aromatic rings. The number of nitriles is 1. The lowest BCUT2D eigenvalue weighted by molar-refractivity contribution is -0.144. The van der Waals surface area contributed by atoms with Crippen LogP contribution in [0, 0.1) is 11.3 Å². The number of ether oxygens (including phenoxy) is 1. The molecule has 32 heavy (non-hydrogen) atoms. The van der Waals surface area contributed by atoms with Crippen LogP contribution in [0.15, 0.2) is 78.9 Å². The van der Waals surface area contributed by atoms with E-state index in [0.29, 0.717) is 17.2 Å². The van der Waals surface area contributed by atoms with Gasteiger partial charge in [0.1, 0.15) is 11.4 Å². The lowest BCUT2D eigenvalue weighted by Crippen LogP contribution is -2.22. The second-order valence-corrected chi connectivity index (χ2v) is 10.2. The molecule has 3 nitrogen and oxygen atoms in total. The molecule has 1 aliphatic carbocycles. The highest BCUT2D eigenvalue weighted by molar-refractivity contribution is 8.24. The van der Waals surface area contributed by atoms with Crippen molar-refractivity contribution in [1.82, 2.24) is 0 Å². The van der Waals surface area contributed by atoms with Crippen LogP contribution in [0.2, 0.25) is 0 Å². The van der Waals surface area contributed by atoms with E-state index >= 15 is 0 Å². The van der Waals surface area contributed by atoms with Gasteiger partial charge in [-0.1, -0.05) is 103 Å². The lowest BCUT2D eigenvalue weighted by atomic mass is 9.98. The van der Waals surface area contributed by atoms with Gasteiger partial charge in [0.25, 0.3) is 0 Å². The predicted molar refractivity (Wildman–Crippen MR) is 134 cm³/mol. The average molecular weight is 458 g/mol. The highest BCUT2D eigenvalue weighted by Gasteiger charge is 2.31. The molecule has 0 saturated carbocycles. The van der Waals surface area contributed by atoms with Crippen molar-refractivity contribution in [2.75, 3.05) is 6.61 Å². The molecule has 5 heteroatoms. The minimum atomic E-state index is -0.793. The standard InChI is InChI=1S/C27H23NO2S2/c1-27(18-28,32-26(31)19-9-3-2-4-10-19)16-15-25(29)30-17-24-22-13-7-5-11-20(22)21-12-6-8-14-23(21)24/h2-14,24H,15-17H2,1H3. The SMILES string of the molecule is CC(C#N)(CCC(=O)OCC1c2ccccc2-c2ccccc21)SC(=S)c1ccccc1. The number of thiocarbonyl (C=S) groups is 1. The highest BCUT2D eigenvalue weighted by atomic mass is 32.2. The summed E-state index contributed by atoms with van der Waals surface area (Å²) >= 11 is 6.84. The molecule has 0 amide bonds. The van der Waals surface area contributed by atoms with Gasteiger partial charge in [-0.3, -0.25) is 4.79 Å². The van der Waals surface area contributed by atoms with Gasteiger partial charge in [0, 0.05) is 12.3 Å². The number of fused-ring (bicyclic) bond motifs is 3. The normalized spacial score (nSPS) is 14.0. The molecule has 1 unspecified atom stereocenters. The first-order chi connectivity index (χ1) is 15.5. The van der Waals surface area contributed by atoms with Crippen LogP contribution < -0.4 is 0 Å². The third-order valence-electron chi connectivity index (χ3n) is 5.74. The van der Waals surface area contributed by atoms with Crippen molar-refractivity contribution in [3.05, 3.63) is 95.6 Å². The van der Waals surface area contributed by atoms with Crippen LogP contribution in [-0.2, 0) is 9.53 Å². The van der Waals surface area contributed by atoms with E-state index < -0.39 is 4.75 Å². The van der Waals surface area contributed by atoms with Gasteiger partial charge in [-0.2, -0.15) is 5.26 Å². The number of carbonyl (C=O) groups is 1. The van der Waals surface area contributed by atoms with Gasteiger partial charge in [0.2, 0.25) is 0 Å². The number of rotatable bonds is 7. The third kappa shape index (κ3) is 4.77. The molecular weight excluding hydrogens is 434 g/mol. The summed E-state index contributed by atoms with van der Waals surface area (Å²) < 4.78 is 5.54. The van der Waals surface area contributed by atoms with Gasteiger partial charge in [-0.15, -0.1) is 0 Å². The first-order valence-electron chi connectivity index (χ1n) is 10.5. The fourth-order valence-corrected chi connectivity index (χ4v) is 5.60. The summed E-state index contributed by atoms with van der Waals surface area (Å²) in [5.41, 5.74) is 5.69. The highest BCUT2D eigenvalue weighted by Crippen LogP contribution is 2.44. The fourth-order valence-electron chi connectivity index (χ4n) is 4.00. The Bertz CT molecular complexity index is 1140. The molecule has 0 aliphatic heterocycles. The minimum Gasteiger partial charge on any atom is -0.465 e. The van der Waals surface area contributed by atoms with Crippen molar-refractivity contribution in [2.24, 2.45) is 0 Å². The number of esters is 1. The van der Waals surface area contributed by atoms with Gasteiger partial charge in [0.05, 0.1) is 10.3 Å². The Hall–Kier alpha value is -2.94. The molecule has 0 bridgehead atoms. The van der Waals surface area contributed by atoms with Gasteiger partial charge in [0.15, 0.2) is 0 Å². The van der Waals surface area contributed by atoms with E-state index in [9.17, 15) is 10.1 Å². The quantitative estimate of drug-likeness (QED) is 0.299. The maximum atomic E-state index is 12.6. The summed E-state index contributed by atoms with van der Waals surface area (Å²) in [7, 11) is 0. The number of thioether (sulfide) groups is 1. The molecule has 1 atom stereocenters. The van der Waals surface area contributed by atoms with Gasteiger partial charge >= 0.3 is 5.97 Å². The average Bonchev–Trinajstić information content (AvgIpc) is 3.16.